The number of Topliss-reactive ketones (excluding diaryl/α,β-unsaturated/α-hetero) is 1. The number of hydrogen-bond acceptors (Lipinski definition) is 3. The Balaban J connectivity index is 1.81. The fraction of sp³-hybridized carbons (Fsp3) is 0.615. The van der Waals surface area contributed by atoms with E-state index in [1.807, 2.05) is 17.5 Å². The molecule has 1 aliphatic heterocycles. The summed E-state index contributed by atoms with van der Waals surface area (Å²) < 4.78 is 0. The van der Waals surface area contributed by atoms with Crippen molar-refractivity contribution >= 4 is 17.1 Å². The first kappa shape index (κ1) is 11.8. The SMILES string of the molecule is CCCC1CCN(CC(=O)c2cccs2)C1. The molecule has 0 radical (unpaired) electrons. The second kappa shape index (κ2) is 5.60. The molecule has 1 atom stereocenters. The van der Waals surface area contributed by atoms with Gasteiger partial charge in [-0.1, -0.05) is 19.4 Å². The van der Waals surface area contributed by atoms with Gasteiger partial charge in [0.1, 0.15) is 0 Å². The molecule has 0 spiro atoms. The van der Waals surface area contributed by atoms with Crippen LogP contribution in [0.5, 0.6) is 0 Å². The predicted octanol–water partition coefficient (Wildman–Crippen LogP) is 3.05. The van der Waals surface area contributed by atoms with Gasteiger partial charge in [-0.05, 0) is 36.8 Å². The summed E-state index contributed by atoms with van der Waals surface area (Å²) in [5.41, 5.74) is 0. The van der Waals surface area contributed by atoms with Crippen molar-refractivity contribution < 1.29 is 4.79 Å². The molecule has 0 N–H and O–H groups in total. The van der Waals surface area contributed by atoms with Crippen molar-refractivity contribution in [3.05, 3.63) is 22.4 Å². The summed E-state index contributed by atoms with van der Waals surface area (Å²) in [6.45, 7) is 5.06. The van der Waals surface area contributed by atoms with Crippen molar-refractivity contribution in [2.75, 3.05) is 19.6 Å². The van der Waals surface area contributed by atoms with Gasteiger partial charge in [-0.15, -0.1) is 11.3 Å². The molecule has 0 bridgehead atoms. The van der Waals surface area contributed by atoms with Crippen LogP contribution in [0.15, 0.2) is 17.5 Å². The number of carbonyl (C=O) groups is 1. The standard InChI is InChI=1S/C13H19NOS/c1-2-4-11-6-7-14(9-11)10-12(15)13-5-3-8-16-13/h3,5,8,11H,2,4,6-7,9-10H2,1H3. The zero-order chi connectivity index (χ0) is 11.4. The monoisotopic (exact) mass is 237 g/mol. The lowest BCUT2D eigenvalue weighted by Gasteiger charge is -2.14. The highest BCUT2D eigenvalue weighted by atomic mass is 32.1. The Morgan fingerprint density at radius 2 is 2.50 bits per heavy atom. The molecule has 3 heteroatoms. The first-order valence-corrected chi connectivity index (χ1v) is 6.96. The highest BCUT2D eigenvalue weighted by molar-refractivity contribution is 7.12. The highest BCUT2D eigenvalue weighted by Gasteiger charge is 2.23. The van der Waals surface area contributed by atoms with Crippen LogP contribution in [0, 0.1) is 5.92 Å². The average Bonchev–Trinajstić information content (AvgIpc) is 2.89. The van der Waals surface area contributed by atoms with Gasteiger partial charge in [0.15, 0.2) is 5.78 Å². The number of ketones is 1. The van der Waals surface area contributed by atoms with Crippen molar-refractivity contribution in [1.29, 1.82) is 0 Å². The second-order valence-corrected chi connectivity index (χ2v) is 5.53. The van der Waals surface area contributed by atoms with Gasteiger partial charge < -0.3 is 0 Å². The Hall–Kier alpha value is -0.670. The van der Waals surface area contributed by atoms with Crippen LogP contribution in [0.3, 0.4) is 0 Å². The molecular formula is C13H19NOS. The van der Waals surface area contributed by atoms with Gasteiger partial charge in [0.2, 0.25) is 0 Å². The molecule has 0 amide bonds. The summed E-state index contributed by atoms with van der Waals surface area (Å²) in [6.07, 6.45) is 3.84. The molecule has 1 aromatic heterocycles. The molecule has 0 aromatic carbocycles. The maximum atomic E-state index is 11.9. The molecule has 16 heavy (non-hydrogen) atoms. The molecule has 2 heterocycles. The average molecular weight is 237 g/mol. The first-order valence-electron chi connectivity index (χ1n) is 6.08. The summed E-state index contributed by atoms with van der Waals surface area (Å²) in [4.78, 5) is 15.1. The van der Waals surface area contributed by atoms with Crippen LogP contribution in [-0.2, 0) is 0 Å². The Bertz CT molecular complexity index is 334. The highest BCUT2D eigenvalue weighted by Crippen LogP contribution is 2.21. The number of hydrogen-bond donors (Lipinski definition) is 0. The fourth-order valence-corrected chi connectivity index (χ4v) is 3.08. The number of likely N-dealkylation sites (tertiary alicyclic amines) is 1. The molecule has 1 fully saturated rings. The number of rotatable bonds is 5. The second-order valence-electron chi connectivity index (χ2n) is 4.58. The van der Waals surface area contributed by atoms with Gasteiger partial charge >= 0.3 is 0 Å². The molecular weight excluding hydrogens is 218 g/mol. The van der Waals surface area contributed by atoms with Crippen LogP contribution >= 0.6 is 11.3 Å². The van der Waals surface area contributed by atoms with E-state index in [0.29, 0.717) is 6.54 Å². The van der Waals surface area contributed by atoms with Gasteiger partial charge in [0.05, 0.1) is 11.4 Å². The van der Waals surface area contributed by atoms with E-state index in [0.717, 1.165) is 23.9 Å². The van der Waals surface area contributed by atoms with Crippen molar-refractivity contribution in [2.45, 2.75) is 26.2 Å². The molecule has 2 nitrogen and oxygen atoms in total. The summed E-state index contributed by atoms with van der Waals surface area (Å²) >= 11 is 1.55. The maximum absolute atomic E-state index is 11.9. The van der Waals surface area contributed by atoms with Crippen molar-refractivity contribution in [3.8, 4) is 0 Å². The molecule has 88 valence electrons. The largest absolute Gasteiger partial charge is 0.295 e. The van der Waals surface area contributed by atoms with E-state index >= 15 is 0 Å². The third-order valence-electron chi connectivity index (χ3n) is 3.23. The summed E-state index contributed by atoms with van der Waals surface area (Å²) in [6, 6.07) is 3.87. The molecule has 0 aliphatic carbocycles. The minimum Gasteiger partial charge on any atom is -0.295 e. The van der Waals surface area contributed by atoms with E-state index in [-0.39, 0.29) is 5.78 Å². The Morgan fingerprint density at radius 1 is 1.62 bits per heavy atom. The van der Waals surface area contributed by atoms with E-state index < -0.39 is 0 Å². The van der Waals surface area contributed by atoms with Crippen LogP contribution < -0.4 is 0 Å². The Labute approximate surface area is 101 Å². The van der Waals surface area contributed by atoms with Gasteiger partial charge in [-0.25, -0.2) is 0 Å². The molecule has 0 saturated carbocycles. The first-order chi connectivity index (χ1) is 7.79. The van der Waals surface area contributed by atoms with Crippen LogP contribution in [-0.4, -0.2) is 30.3 Å². The van der Waals surface area contributed by atoms with Crippen molar-refractivity contribution in [2.24, 2.45) is 5.92 Å². The molecule has 1 saturated heterocycles. The third kappa shape index (κ3) is 2.92. The maximum Gasteiger partial charge on any atom is 0.186 e. The Kier molecular flexibility index (Phi) is 4.13. The van der Waals surface area contributed by atoms with Gasteiger partial charge in [-0.3, -0.25) is 9.69 Å². The lowest BCUT2D eigenvalue weighted by molar-refractivity contribution is 0.0947. The summed E-state index contributed by atoms with van der Waals surface area (Å²) in [5, 5.41) is 1.97. The fourth-order valence-electron chi connectivity index (χ4n) is 2.42. The van der Waals surface area contributed by atoms with Crippen LogP contribution in [0.25, 0.3) is 0 Å². The third-order valence-corrected chi connectivity index (χ3v) is 4.14. The summed E-state index contributed by atoms with van der Waals surface area (Å²) in [5.74, 6) is 1.10. The lowest BCUT2D eigenvalue weighted by atomic mass is 10.0. The Morgan fingerprint density at radius 3 is 3.19 bits per heavy atom. The molecule has 1 aliphatic rings. The number of nitrogens with zero attached hydrogens (tertiary/aromatic N) is 1. The van der Waals surface area contributed by atoms with Gasteiger partial charge in [0, 0.05) is 6.54 Å². The zero-order valence-corrected chi connectivity index (χ0v) is 10.6. The number of thiophene rings is 1. The topological polar surface area (TPSA) is 20.3 Å². The van der Waals surface area contributed by atoms with E-state index in [1.165, 1.54) is 19.3 Å². The van der Waals surface area contributed by atoms with E-state index in [2.05, 4.69) is 11.8 Å². The van der Waals surface area contributed by atoms with Crippen LogP contribution in [0.4, 0.5) is 0 Å². The molecule has 2 rings (SSSR count). The minimum atomic E-state index is 0.284. The smallest absolute Gasteiger partial charge is 0.186 e. The van der Waals surface area contributed by atoms with Gasteiger partial charge in [0.25, 0.3) is 0 Å². The molecule has 1 unspecified atom stereocenters. The van der Waals surface area contributed by atoms with Gasteiger partial charge in [-0.2, -0.15) is 0 Å². The molecule has 1 aromatic rings. The van der Waals surface area contributed by atoms with E-state index in [1.54, 1.807) is 11.3 Å². The van der Waals surface area contributed by atoms with E-state index in [9.17, 15) is 4.79 Å². The number of carbonyl (C=O) groups excluding carboxylic acids is 1. The normalized spacial score (nSPS) is 21.4. The van der Waals surface area contributed by atoms with Crippen LogP contribution in [0.2, 0.25) is 0 Å². The zero-order valence-electron chi connectivity index (χ0n) is 9.82. The summed E-state index contributed by atoms with van der Waals surface area (Å²) in [7, 11) is 0. The van der Waals surface area contributed by atoms with Crippen LogP contribution in [0.1, 0.15) is 35.9 Å². The predicted molar refractivity (Wildman–Crippen MR) is 68.1 cm³/mol. The lowest BCUT2D eigenvalue weighted by Crippen LogP contribution is -2.27. The van der Waals surface area contributed by atoms with E-state index in [4.69, 9.17) is 0 Å². The quantitative estimate of drug-likeness (QED) is 0.734. The van der Waals surface area contributed by atoms with Crippen molar-refractivity contribution in [3.63, 3.8) is 0 Å². The minimum absolute atomic E-state index is 0.284. The van der Waals surface area contributed by atoms with Crippen molar-refractivity contribution in [1.82, 2.24) is 4.90 Å².